The second kappa shape index (κ2) is 8.83. The van der Waals surface area contributed by atoms with E-state index in [1.807, 2.05) is 55.5 Å². The highest BCUT2D eigenvalue weighted by Gasteiger charge is 2.05. The summed E-state index contributed by atoms with van der Waals surface area (Å²) in [5.41, 5.74) is 2.28. The van der Waals surface area contributed by atoms with Gasteiger partial charge in [-0.1, -0.05) is 36.4 Å². The van der Waals surface area contributed by atoms with Crippen LogP contribution in [0.3, 0.4) is 0 Å². The lowest BCUT2D eigenvalue weighted by atomic mass is 10.1. The van der Waals surface area contributed by atoms with Crippen molar-refractivity contribution in [1.82, 2.24) is 5.32 Å². The summed E-state index contributed by atoms with van der Waals surface area (Å²) in [5.74, 6) is 1.44. The zero-order valence-corrected chi connectivity index (χ0v) is 13.7. The van der Waals surface area contributed by atoms with E-state index < -0.39 is 0 Å². The van der Waals surface area contributed by atoms with E-state index in [-0.39, 0.29) is 5.91 Å². The van der Waals surface area contributed by atoms with E-state index in [9.17, 15) is 4.79 Å². The molecule has 0 aromatic heterocycles. The van der Waals surface area contributed by atoms with Gasteiger partial charge in [0.1, 0.15) is 6.61 Å². The minimum Gasteiger partial charge on any atom is -0.493 e. The SMILES string of the molecule is COc1cc(C)ccc1OCCNC(=O)CCc1ccccc1. The predicted molar refractivity (Wildman–Crippen MR) is 91.0 cm³/mol. The zero-order chi connectivity index (χ0) is 16.5. The largest absolute Gasteiger partial charge is 0.493 e. The molecule has 0 atom stereocenters. The molecule has 4 nitrogen and oxygen atoms in total. The Morgan fingerprint density at radius 1 is 1.09 bits per heavy atom. The van der Waals surface area contributed by atoms with Crippen molar-refractivity contribution in [2.24, 2.45) is 0 Å². The average Bonchev–Trinajstić information content (AvgIpc) is 2.58. The molecule has 2 aromatic rings. The lowest BCUT2D eigenvalue weighted by Gasteiger charge is -2.11. The molecular weight excluding hydrogens is 290 g/mol. The van der Waals surface area contributed by atoms with Gasteiger partial charge in [0.05, 0.1) is 13.7 Å². The summed E-state index contributed by atoms with van der Waals surface area (Å²) < 4.78 is 10.9. The van der Waals surface area contributed by atoms with Crippen LogP contribution in [0.25, 0.3) is 0 Å². The fourth-order valence-electron chi connectivity index (χ4n) is 2.24. The summed E-state index contributed by atoms with van der Waals surface area (Å²) >= 11 is 0. The Kier molecular flexibility index (Phi) is 6.48. The lowest BCUT2D eigenvalue weighted by molar-refractivity contribution is -0.121. The summed E-state index contributed by atoms with van der Waals surface area (Å²) in [6, 6.07) is 15.8. The second-order valence-corrected chi connectivity index (χ2v) is 5.34. The van der Waals surface area contributed by atoms with Crippen LogP contribution in [0.2, 0.25) is 0 Å². The van der Waals surface area contributed by atoms with E-state index in [2.05, 4.69) is 5.32 Å². The number of carbonyl (C=O) groups excluding carboxylic acids is 1. The number of ether oxygens (including phenoxy) is 2. The van der Waals surface area contributed by atoms with Crippen LogP contribution in [0.1, 0.15) is 17.5 Å². The summed E-state index contributed by atoms with van der Waals surface area (Å²) in [7, 11) is 1.62. The molecule has 0 bridgehead atoms. The Labute approximate surface area is 137 Å². The summed E-state index contributed by atoms with van der Waals surface area (Å²) in [6.07, 6.45) is 1.23. The lowest BCUT2D eigenvalue weighted by Crippen LogP contribution is -2.28. The van der Waals surface area contributed by atoms with E-state index in [0.717, 1.165) is 12.0 Å². The molecular formula is C19H23NO3. The number of methoxy groups -OCH3 is 1. The first-order valence-corrected chi connectivity index (χ1v) is 7.77. The van der Waals surface area contributed by atoms with Crippen molar-refractivity contribution < 1.29 is 14.3 Å². The fourth-order valence-corrected chi connectivity index (χ4v) is 2.24. The van der Waals surface area contributed by atoms with Crippen LogP contribution in [0.5, 0.6) is 11.5 Å². The Morgan fingerprint density at radius 3 is 2.61 bits per heavy atom. The van der Waals surface area contributed by atoms with Gasteiger partial charge in [-0.05, 0) is 36.6 Å². The van der Waals surface area contributed by atoms with Crippen molar-refractivity contribution in [2.75, 3.05) is 20.3 Å². The first kappa shape index (κ1) is 16.9. The first-order valence-electron chi connectivity index (χ1n) is 7.77. The van der Waals surface area contributed by atoms with Gasteiger partial charge in [-0.25, -0.2) is 0 Å². The van der Waals surface area contributed by atoms with Gasteiger partial charge in [-0.2, -0.15) is 0 Å². The van der Waals surface area contributed by atoms with Crippen LogP contribution >= 0.6 is 0 Å². The van der Waals surface area contributed by atoms with Crippen LogP contribution in [-0.2, 0) is 11.2 Å². The molecule has 0 fully saturated rings. The molecule has 4 heteroatoms. The van der Waals surface area contributed by atoms with Crippen molar-refractivity contribution in [3.63, 3.8) is 0 Å². The summed E-state index contributed by atoms with van der Waals surface area (Å²) in [5, 5.41) is 2.87. The quantitative estimate of drug-likeness (QED) is 0.762. The molecule has 0 saturated heterocycles. The summed E-state index contributed by atoms with van der Waals surface area (Å²) in [4.78, 5) is 11.8. The number of aryl methyl sites for hydroxylation is 2. The molecule has 0 aliphatic carbocycles. The molecule has 0 spiro atoms. The average molecular weight is 313 g/mol. The fraction of sp³-hybridized carbons (Fsp3) is 0.316. The van der Waals surface area contributed by atoms with Crippen molar-refractivity contribution in [3.8, 4) is 11.5 Å². The minimum atomic E-state index is 0.0355. The normalized spacial score (nSPS) is 10.2. The number of hydrogen-bond donors (Lipinski definition) is 1. The van der Waals surface area contributed by atoms with Gasteiger partial charge in [-0.15, -0.1) is 0 Å². The van der Waals surface area contributed by atoms with E-state index in [4.69, 9.17) is 9.47 Å². The third-order valence-corrected chi connectivity index (χ3v) is 3.48. The Bertz CT molecular complexity index is 626. The molecule has 0 aliphatic rings. The number of nitrogens with one attached hydrogen (secondary N) is 1. The molecule has 23 heavy (non-hydrogen) atoms. The monoisotopic (exact) mass is 313 g/mol. The Hall–Kier alpha value is -2.49. The van der Waals surface area contributed by atoms with Gasteiger partial charge >= 0.3 is 0 Å². The molecule has 1 amide bonds. The van der Waals surface area contributed by atoms with Crippen LogP contribution in [-0.4, -0.2) is 26.2 Å². The van der Waals surface area contributed by atoms with Crippen LogP contribution in [0, 0.1) is 6.92 Å². The third-order valence-electron chi connectivity index (χ3n) is 3.48. The zero-order valence-electron chi connectivity index (χ0n) is 13.7. The smallest absolute Gasteiger partial charge is 0.220 e. The van der Waals surface area contributed by atoms with Gasteiger partial charge in [0.15, 0.2) is 11.5 Å². The van der Waals surface area contributed by atoms with E-state index in [1.165, 1.54) is 5.56 Å². The van der Waals surface area contributed by atoms with Gasteiger partial charge in [0, 0.05) is 6.42 Å². The number of rotatable bonds is 8. The van der Waals surface area contributed by atoms with Crippen molar-refractivity contribution in [1.29, 1.82) is 0 Å². The maximum Gasteiger partial charge on any atom is 0.220 e. The molecule has 0 unspecified atom stereocenters. The molecule has 2 aromatic carbocycles. The molecule has 0 radical (unpaired) electrons. The van der Waals surface area contributed by atoms with Crippen molar-refractivity contribution in [3.05, 3.63) is 59.7 Å². The second-order valence-electron chi connectivity index (χ2n) is 5.34. The minimum absolute atomic E-state index is 0.0355. The molecule has 2 rings (SSSR count). The standard InChI is InChI=1S/C19H23NO3/c1-15-8-10-17(18(14-15)22-2)23-13-12-20-19(21)11-9-16-6-4-3-5-7-16/h3-8,10,14H,9,11-13H2,1-2H3,(H,20,21). The van der Waals surface area contributed by atoms with Crippen LogP contribution in [0.15, 0.2) is 48.5 Å². The highest BCUT2D eigenvalue weighted by molar-refractivity contribution is 5.76. The highest BCUT2D eigenvalue weighted by Crippen LogP contribution is 2.27. The molecule has 0 aliphatic heterocycles. The van der Waals surface area contributed by atoms with Gasteiger partial charge in [0.2, 0.25) is 5.91 Å². The molecule has 0 heterocycles. The topological polar surface area (TPSA) is 47.6 Å². The molecule has 0 saturated carbocycles. The van der Waals surface area contributed by atoms with Crippen molar-refractivity contribution in [2.45, 2.75) is 19.8 Å². The third kappa shape index (κ3) is 5.66. The highest BCUT2D eigenvalue weighted by atomic mass is 16.5. The van der Waals surface area contributed by atoms with E-state index >= 15 is 0 Å². The van der Waals surface area contributed by atoms with Gasteiger partial charge in [0.25, 0.3) is 0 Å². The number of carbonyl (C=O) groups is 1. The molecule has 1 N–H and O–H groups in total. The summed E-state index contributed by atoms with van der Waals surface area (Å²) in [6.45, 7) is 2.89. The van der Waals surface area contributed by atoms with Gasteiger partial charge in [-0.3, -0.25) is 4.79 Å². The number of benzene rings is 2. The Morgan fingerprint density at radius 2 is 1.87 bits per heavy atom. The van der Waals surface area contributed by atoms with Crippen LogP contribution < -0.4 is 14.8 Å². The number of hydrogen-bond acceptors (Lipinski definition) is 3. The predicted octanol–water partition coefficient (Wildman–Crippen LogP) is 3.13. The van der Waals surface area contributed by atoms with Crippen molar-refractivity contribution >= 4 is 5.91 Å². The first-order chi connectivity index (χ1) is 11.2. The van der Waals surface area contributed by atoms with E-state index in [1.54, 1.807) is 7.11 Å². The van der Waals surface area contributed by atoms with Crippen LogP contribution in [0.4, 0.5) is 0 Å². The maximum atomic E-state index is 11.8. The van der Waals surface area contributed by atoms with Gasteiger partial charge < -0.3 is 14.8 Å². The Balaban J connectivity index is 1.68. The van der Waals surface area contributed by atoms with E-state index in [0.29, 0.717) is 31.1 Å². The number of amides is 1. The maximum absolute atomic E-state index is 11.8. The molecule has 122 valence electrons.